The quantitative estimate of drug-likeness (QED) is 0.763. The van der Waals surface area contributed by atoms with Crippen LogP contribution in [0, 0.1) is 23.7 Å². The molecule has 1 aliphatic carbocycles. The van der Waals surface area contributed by atoms with Crippen LogP contribution in [0.5, 0.6) is 0 Å². The number of benzene rings is 1. The first-order valence-corrected chi connectivity index (χ1v) is 10.2. The second-order valence-electron chi connectivity index (χ2n) is 9.27. The van der Waals surface area contributed by atoms with Crippen LogP contribution in [-0.2, 0) is 20.9 Å². The van der Waals surface area contributed by atoms with E-state index in [-0.39, 0.29) is 48.2 Å². The number of rotatable bonds is 2. The van der Waals surface area contributed by atoms with E-state index in [4.69, 9.17) is 9.47 Å². The molecule has 2 heterocycles. The highest BCUT2D eigenvalue weighted by atomic mass is 16.6. The number of nitrogens with zero attached hydrogens (tertiary/aromatic N) is 2. The molecule has 2 amide bonds. The minimum atomic E-state index is -0.562. The summed E-state index contributed by atoms with van der Waals surface area (Å²) in [6.45, 7) is 7.57. The van der Waals surface area contributed by atoms with Crippen LogP contribution in [0.4, 0.5) is 9.59 Å². The maximum atomic E-state index is 12.9. The van der Waals surface area contributed by atoms with Gasteiger partial charge in [-0.2, -0.15) is 0 Å². The first kappa shape index (κ1) is 19.7. The van der Waals surface area contributed by atoms with E-state index in [9.17, 15) is 14.4 Å². The van der Waals surface area contributed by atoms with Gasteiger partial charge in [-0.3, -0.25) is 4.79 Å². The standard InChI is InChI=1S/C22H28N2O5/c1-22(2,3)29-21(27)24-10-16-15-9-23(11-17(15)19(25)18(16)12-24)20(26)28-13-14-7-5-4-6-8-14/h4-8,15-18H,9-13H2,1-3H3/t15?,16-,17?,18-/m0/s1. The van der Waals surface area contributed by atoms with E-state index in [1.165, 1.54) is 0 Å². The van der Waals surface area contributed by atoms with E-state index in [1.54, 1.807) is 9.80 Å². The molecule has 1 aromatic carbocycles. The van der Waals surface area contributed by atoms with Crippen LogP contribution < -0.4 is 0 Å². The molecule has 3 fully saturated rings. The number of ether oxygens (including phenoxy) is 2. The summed E-state index contributed by atoms with van der Waals surface area (Å²) in [5.74, 6) is 0.0654. The van der Waals surface area contributed by atoms with Crippen molar-refractivity contribution < 1.29 is 23.9 Å². The molecule has 0 spiro atoms. The fourth-order valence-corrected chi connectivity index (χ4v) is 4.84. The van der Waals surface area contributed by atoms with Crippen molar-refractivity contribution in [3.8, 4) is 0 Å². The zero-order valence-corrected chi connectivity index (χ0v) is 17.2. The predicted octanol–water partition coefficient (Wildman–Crippen LogP) is 2.94. The molecule has 4 rings (SSSR count). The van der Waals surface area contributed by atoms with Crippen LogP contribution in [0.15, 0.2) is 30.3 Å². The number of fused-ring (bicyclic) bond motifs is 3. The van der Waals surface area contributed by atoms with Crippen molar-refractivity contribution in [1.29, 1.82) is 0 Å². The van der Waals surface area contributed by atoms with E-state index in [1.807, 2.05) is 51.1 Å². The van der Waals surface area contributed by atoms with Gasteiger partial charge in [0.1, 0.15) is 18.0 Å². The Labute approximate surface area is 170 Å². The molecule has 2 aliphatic heterocycles. The Kier molecular flexibility index (Phi) is 5.00. The van der Waals surface area contributed by atoms with Crippen LogP contribution >= 0.6 is 0 Å². The summed E-state index contributed by atoms with van der Waals surface area (Å²) >= 11 is 0. The van der Waals surface area contributed by atoms with Crippen molar-refractivity contribution in [2.24, 2.45) is 23.7 Å². The summed E-state index contributed by atoms with van der Waals surface area (Å²) in [5, 5.41) is 0. The molecule has 0 radical (unpaired) electrons. The SMILES string of the molecule is CC(C)(C)OC(=O)N1C[C@@H]2C(=O)C3CN(C(=O)OCc4ccccc4)CC3[C@@H]2C1. The fourth-order valence-electron chi connectivity index (χ4n) is 4.84. The molecule has 0 bridgehead atoms. The lowest BCUT2D eigenvalue weighted by atomic mass is 9.91. The van der Waals surface area contributed by atoms with E-state index >= 15 is 0 Å². The van der Waals surface area contributed by atoms with Gasteiger partial charge in [-0.25, -0.2) is 9.59 Å². The van der Waals surface area contributed by atoms with Crippen molar-refractivity contribution in [2.45, 2.75) is 33.0 Å². The van der Waals surface area contributed by atoms with E-state index in [0.717, 1.165) is 5.56 Å². The lowest BCUT2D eigenvalue weighted by Crippen LogP contribution is -2.37. The first-order valence-electron chi connectivity index (χ1n) is 10.2. The molecule has 1 aromatic rings. The number of ketones is 1. The monoisotopic (exact) mass is 400 g/mol. The maximum Gasteiger partial charge on any atom is 0.410 e. The number of likely N-dealkylation sites (tertiary alicyclic amines) is 2. The Morgan fingerprint density at radius 3 is 2.03 bits per heavy atom. The molecule has 3 aliphatic rings. The van der Waals surface area contributed by atoms with Crippen LogP contribution in [0.1, 0.15) is 26.3 Å². The fraction of sp³-hybridized carbons (Fsp3) is 0.591. The first-order chi connectivity index (χ1) is 13.7. The summed E-state index contributed by atoms with van der Waals surface area (Å²) in [6, 6.07) is 9.53. The van der Waals surface area contributed by atoms with E-state index < -0.39 is 5.60 Å². The summed E-state index contributed by atoms with van der Waals surface area (Å²) in [4.78, 5) is 41.1. The van der Waals surface area contributed by atoms with Gasteiger partial charge in [0.2, 0.25) is 0 Å². The number of carbonyl (C=O) groups is 3. The molecule has 4 atom stereocenters. The van der Waals surface area contributed by atoms with Crippen LogP contribution in [0.3, 0.4) is 0 Å². The maximum absolute atomic E-state index is 12.9. The van der Waals surface area contributed by atoms with E-state index in [0.29, 0.717) is 26.2 Å². The molecule has 0 aromatic heterocycles. The summed E-state index contributed by atoms with van der Waals surface area (Å²) in [7, 11) is 0. The van der Waals surface area contributed by atoms with Gasteiger partial charge >= 0.3 is 12.2 Å². The highest BCUT2D eigenvalue weighted by Gasteiger charge is 2.58. The second-order valence-corrected chi connectivity index (χ2v) is 9.27. The van der Waals surface area contributed by atoms with Crippen molar-refractivity contribution >= 4 is 18.0 Å². The van der Waals surface area contributed by atoms with Crippen LogP contribution in [0.25, 0.3) is 0 Å². The van der Waals surface area contributed by atoms with Gasteiger partial charge in [-0.1, -0.05) is 30.3 Å². The average molecular weight is 400 g/mol. The molecule has 7 nitrogen and oxygen atoms in total. The van der Waals surface area contributed by atoms with Gasteiger partial charge in [0.25, 0.3) is 0 Å². The number of amides is 2. The van der Waals surface area contributed by atoms with Gasteiger partial charge in [0.15, 0.2) is 0 Å². The number of carbonyl (C=O) groups excluding carboxylic acids is 3. The Morgan fingerprint density at radius 1 is 0.931 bits per heavy atom. The zero-order chi connectivity index (χ0) is 20.8. The van der Waals surface area contributed by atoms with Gasteiger partial charge < -0.3 is 19.3 Å². The molecular formula is C22H28N2O5. The predicted molar refractivity (Wildman–Crippen MR) is 105 cm³/mol. The highest BCUT2D eigenvalue weighted by molar-refractivity contribution is 5.89. The van der Waals surface area contributed by atoms with Crippen LogP contribution in [-0.4, -0.2) is 59.5 Å². The Hall–Kier alpha value is -2.57. The van der Waals surface area contributed by atoms with E-state index in [2.05, 4.69) is 0 Å². The summed E-state index contributed by atoms with van der Waals surface area (Å²) in [5.41, 5.74) is 0.369. The van der Waals surface area contributed by atoms with Crippen molar-refractivity contribution in [3.05, 3.63) is 35.9 Å². The zero-order valence-electron chi connectivity index (χ0n) is 17.2. The topological polar surface area (TPSA) is 76.2 Å². The third-order valence-electron chi connectivity index (χ3n) is 6.13. The van der Waals surface area contributed by atoms with Gasteiger partial charge in [-0.15, -0.1) is 0 Å². The van der Waals surface area contributed by atoms with Crippen molar-refractivity contribution in [3.63, 3.8) is 0 Å². The summed E-state index contributed by atoms with van der Waals surface area (Å²) < 4.78 is 10.9. The lowest BCUT2D eigenvalue weighted by molar-refractivity contribution is -0.124. The summed E-state index contributed by atoms with van der Waals surface area (Å²) in [6.07, 6.45) is -0.747. The van der Waals surface area contributed by atoms with Crippen molar-refractivity contribution in [1.82, 2.24) is 9.80 Å². The molecule has 2 saturated heterocycles. The normalized spacial score (nSPS) is 28.3. The van der Waals surface area contributed by atoms with Gasteiger partial charge in [0.05, 0.1) is 0 Å². The van der Waals surface area contributed by atoms with Gasteiger partial charge in [0, 0.05) is 38.0 Å². The molecule has 0 N–H and O–H groups in total. The van der Waals surface area contributed by atoms with Gasteiger partial charge in [-0.05, 0) is 38.2 Å². The molecule has 7 heteroatoms. The smallest absolute Gasteiger partial charge is 0.410 e. The molecular weight excluding hydrogens is 372 g/mol. The largest absolute Gasteiger partial charge is 0.445 e. The molecule has 156 valence electrons. The Bertz CT molecular complexity index is 803. The third kappa shape index (κ3) is 3.95. The van der Waals surface area contributed by atoms with Crippen molar-refractivity contribution in [2.75, 3.05) is 26.2 Å². The Balaban J connectivity index is 1.35. The number of hydrogen-bond acceptors (Lipinski definition) is 5. The highest BCUT2D eigenvalue weighted by Crippen LogP contribution is 2.47. The minimum Gasteiger partial charge on any atom is -0.445 e. The Morgan fingerprint density at radius 2 is 1.48 bits per heavy atom. The average Bonchev–Trinajstić information content (AvgIpc) is 3.33. The second kappa shape index (κ2) is 7.35. The minimum absolute atomic E-state index is 0.0872. The van der Waals surface area contributed by atoms with Crippen LogP contribution in [0.2, 0.25) is 0 Å². The number of hydrogen-bond donors (Lipinski definition) is 0. The lowest BCUT2D eigenvalue weighted by Gasteiger charge is -2.25. The molecule has 1 saturated carbocycles. The molecule has 29 heavy (non-hydrogen) atoms. The molecule has 2 unspecified atom stereocenters. The number of Topliss-reactive ketones (excluding diaryl/α,β-unsaturated/α-hetero) is 1. The third-order valence-corrected chi connectivity index (χ3v) is 6.13.